The zero-order valence-electron chi connectivity index (χ0n) is 12.0. The first-order chi connectivity index (χ1) is 9.25. The summed E-state index contributed by atoms with van der Waals surface area (Å²) in [5.74, 6) is -0.537. The molecular formula is C14H20N4O2. The molecule has 2 rings (SSSR count). The predicted octanol–water partition coefficient (Wildman–Crippen LogP) is 0.425. The van der Waals surface area contributed by atoms with Gasteiger partial charge in [0.15, 0.2) is 0 Å². The van der Waals surface area contributed by atoms with Gasteiger partial charge in [-0.3, -0.25) is 9.59 Å². The standard InChI is InChI=1S/C14H20N4O2/c1-14(2)13(20)17(3)6-7-18(14)11-5-4-9(15)8-10(11)12(16)19/h4-5,8H,6-7,15H2,1-3H3,(H2,16,19). The third kappa shape index (κ3) is 2.17. The van der Waals surface area contributed by atoms with Gasteiger partial charge < -0.3 is 21.3 Å². The highest BCUT2D eigenvalue weighted by atomic mass is 16.2. The van der Waals surface area contributed by atoms with Gasteiger partial charge in [-0.05, 0) is 32.0 Å². The van der Waals surface area contributed by atoms with E-state index in [1.165, 1.54) is 0 Å². The van der Waals surface area contributed by atoms with E-state index in [0.29, 0.717) is 30.0 Å². The van der Waals surface area contributed by atoms with E-state index >= 15 is 0 Å². The Labute approximate surface area is 118 Å². The van der Waals surface area contributed by atoms with Gasteiger partial charge in [-0.15, -0.1) is 0 Å². The maximum atomic E-state index is 12.3. The molecular weight excluding hydrogens is 256 g/mol. The summed E-state index contributed by atoms with van der Waals surface area (Å²) in [6.07, 6.45) is 0. The van der Waals surface area contributed by atoms with Crippen molar-refractivity contribution < 1.29 is 9.59 Å². The number of anilines is 2. The monoisotopic (exact) mass is 276 g/mol. The fourth-order valence-corrected chi connectivity index (χ4v) is 2.62. The van der Waals surface area contributed by atoms with Crippen LogP contribution in [0.25, 0.3) is 0 Å². The van der Waals surface area contributed by atoms with Crippen molar-refractivity contribution in [2.45, 2.75) is 19.4 Å². The van der Waals surface area contributed by atoms with E-state index in [4.69, 9.17) is 11.5 Å². The van der Waals surface area contributed by atoms with Crippen LogP contribution in [0.5, 0.6) is 0 Å². The summed E-state index contributed by atoms with van der Waals surface area (Å²) >= 11 is 0. The second-order valence-corrected chi connectivity index (χ2v) is 5.58. The van der Waals surface area contributed by atoms with Gasteiger partial charge in [0.2, 0.25) is 5.91 Å². The van der Waals surface area contributed by atoms with Crippen molar-refractivity contribution in [3.63, 3.8) is 0 Å². The Bertz CT molecular complexity index is 568. The van der Waals surface area contributed by atoms with Gasteiger partial charge in [0.1, 0.15) is 5.54 Å². The Morgan fingerprint density at radius 1 is 1.30 bits per heavy atom. The second-order valence-electron chi connectivity index (χ2n) is 5.58. The first kappa shape index (κ1) is 14.2. The minimum atomic E-state index is -0.729. The molecule has 1 heterocycles. The van der Waals surface area contributed by atoms with Crippen LogP contribution >= 0.6 is 0 Å². The summed E-state index contributed by atoms with van der Waals surface area (Å²) < 4.78 is 0. The lowest BCUT2D eigenvalue weighted by Crippen LogP contribution is -2.62. The Morgan fingerprint density at radius 2 is 1.95 bits per heavy atom. The molecule has 0 saturated carbocycles. The van der Waals surface area contributed by atoms with Crippen LogP contribution in [0.2, 0.25) is 0 Å². The molecule has 2 amide bonds. The molecule has 0 bridgehead atoms. The van der Waals surface area contributed by atoms with E-state index in [2.05, 4.69) is 0 Å². The summed E-state index contributed by atoms with van der Waals surface area (Å²) in [6.45, 7) is 4.92. The first-order valence-corrected chi connectivity index (χ1v) is 6.47. The van der Waals surface area contributed by atoms with Crippen LogP contribution in [0.3, 0.4) is 0 Å². The smallest absolute Gasteiger partial charge is 0.250 e. The number of primary amides is 1. The average molecular weight is 276 g/mol. The van der Waals surface area contributed by atoms with Crippen LogP contribution in [0, 0.1) is 0 Å². The van der Waals surface area contributed by atoms with E-state index in [9.17, 15) is 9.59 Å². The van der Waals surface area contributed by atoms with Crippen molar-refractivity contribution in [1.82, 2.24) is 4.90 Å². The van der Waals surface area contributed by atoms with Crippen molar-refractivity contribution in [3.8, 4) is 0 Å². The van der Waals surface area contributed by atoms with E-state index < -0.39 is 11.4 Å². The molecule has 1 aliphatic heterocycles. The molecule has 1 fully saturated rings. The molecule has 20 heavy (non-hydrogen) atoms. The Morgan fingerprint density at radius 3 is 2.55 bits per heavy atom. The molecule has 6 nitrogen and oxygen atoms in total. The van der Waals surface area contributed by atoms with Gasteiger partial charge >= 0.3 is 0 Å². The summed E-state index contributed by atoms with van der Waals surface area (Å²) in [4.78, 5) is 27.5. The van der Waals surface area contributed by atoms with Crippen LogP contribution in [-0.4, -0.2) is 42.4 Å². The van der Waals surface area contributed by atoms with Crippen LogP contribution in [0.4, 0.5) is 11.4 Å². The predicted molar refractivity (Wildman–Crippen MR) is 78.4 cm³/mol. The number of rotatable bonds is 2. The lowest BCUT2D eigenvalue weighted by molar-refractivity contribution is -0.136. The number of nitrogens with two attached hydrogens (primary N) is 2. The van der Waals surface area contributed by atoms with Gasteiger partial charge in [0.05, 0.1) is 11.3 Å². The van der Waals surface area contributed by atoms with Crippen molar-refractivity contribution in [2.24, 2.45) is 5.73 Å². The minimum Gasteiger partial charge on any atom is -0.399 e. The van der Waals surface area contributed by atoms with Gasteiger partial charge in [0, 0.05) is 25.8 Å². The maximum absolute atomic E-state index is 12.3. The Balaban J connectivity index is 2.51. The summed E-state index contributed by atoms with van der Waals surface area (Å²) in [5, 5.41) is 0. The quantitative estimate of drug-likeness (QED) is 0.766. The lowest BCUT2D eigenvalue weighted by atomic mass is 9.95. The lowest BCUT2D eigenvalue weighted by Gasteiger charge is -2.46. The topological polar surface area (TPSA) is 92.7 Å². The van der Waals surface area contributed by atoms with Gasteiger partial charge in [-0.25, -0.2) is 0 Å². The SMILES string of the molecule is CN1CCN(c2ccc(N)cc2C(N)=O)C(C)(C)C1=O. The van der Waals surface area contributed by atoms with Crippen LogP contribution in [0.15, 0.2) is 18.2 Å². The molecule has 1 saturated heterocycles. The number of carbonyl (C=O) groups is 2. The fraction of sp³-hybridized carbons (Fsp3) is 0.429. The van der Waals surface area contributed by atoms with Crippen LogP contribution in [-0.2, 0) is 4.79 Å². The molecule has 0 atom stereocenters. The third-order valence-electron chi connectivity index (χ3n) is 3.78. The second kappa shape index (κ2) is 4.70. The molecule has 0 unspecified atom stereocenters. The fourth-order valence-electron chi connectivity index (χ4n) is 2.62. The number of hydrogen-bond donors (Lipinski definition) is 2. The highest BCUT2D eigenvalue weighted by Gasteiger charge is 2.41. The third-order valence-corrected chi connectivity index (χ3v) is 3.78. The number of nitrogen functional groups attached to an aromatic ring is 1. The van der Waals surface area contributed by atoms with Crippen molar-refractivity contribution >= 4 is 23.2 Å². The largest absolute Gasteiger partial charge is 0.399 e. The van der Waals surface area contributed by atoms with E-state index in [0.717, 1.165) is 0 Å². The number of piperazine rings is 1. The average Bonchev–Trinajstić information content (AvgIpc) is 2.37. The molecule has 6 heteroatoms. The zero-order chi connectivity index (χ0) is 15.1. The highest BCUT2D eigenvalue weighted by molar-refractivity contribution is 6.01. The number of carbonyl (C=O) groups excluding carboxylic acids is 2. The normalized spacial score (nSPS) is 18.2. The van der Waals surface area contributed by atoms with E-state index in [1.54, 1.807) is 30.1 Å². The van der Waals surface area contributed by atoms with Crippen LogP contribution in [0.1, 0.15) is 24.2 Å². The van der Waals surface area contributed by atoms with Crippen LogP contribution < -0.4 is 16.4 Å². The number of benzene rings is 1. The highest BCUT2D eigenvalue weighted by Crippen LogP contribution is 2.32. The molecule has 4 N–H and O–H groups in total. The molecule has 1 aromatic carbocycles. The van der Waals surface area contributed by atoms with Crippen molar-refractivity contribution in [3.05, 3.63) is 23.8 Å². The maximum Gasteiger partial charge on any atom is 0.250 e. The van der Waals surface area contributed by atoms with Gasteiger partial charge in [-0.1, -0.05) is 0 Å². The molecule has 0 radical (unpaired) electrons. The minimum absolute atomic E-state index is 0.0102. The van der Waals surface area contributed by atoms with Gasteiger partial charge in [0.25, 0.3) is 5.91 Å². The number of likely N-dealkylation sites (N-methyl/N-ethyl adjacent to an activating group) is 1. The zero-order valence-corrected chi connectivity index (χ0v) is 12.0. The van der Waals surface area contributed by atoms with Crippen molar-refractivity contribution in [2.75, 3.05) is 30.8 Å². The summed E-state index contributed by atoms with van der Waals surface area (Å²) in [7, 11) is 1.78. The Kier molecular flexibility index (Phi) is 3.33. The van der Waals surface area contributed by atoms with E-state index in [1.807, 2.05) is 18.7 Å². The molecule has 0 aromatic heterocycles. The Hall–Kier alpha value is -2.24. The summed E-state index contributed by atoms with van der Waals surface area (Å²) in [6, 6.07) is 5.01. The molecule has 0 spiro atoms. The molecule has 1 aliphatic rings. The number of nitrogens with zero attached hydrogens (tertiary/aromatic N) is 2. The summed E-state index contributed by atoms with van der Waals surface area (Å²) in [5.41, 5.74) is 11.9. The van der Waals surface area contributed by atoms with E-state index in [-0.39, 0.29) is 5.91 Å². The molecule has 108 valence electrons. The number of hydrogen-bond acceptors (Lipinski definition) is 4. The first-order valence-electron chi connectivity index (χ1n) is 6.47. The van der Waals surface area contributed by atoms with Crippen molar-refractivity contribution in [1.29, 1.82) is 0 Å². The van der Waals surface area contributed by atoms with Gasteiger partial charge in [-0.2, -0.15) is 0 Å². The molecule has 0 aliphatic carbocycles. The number of amides is 2. The molecule has 1 aromatic rings.